The van der Waals surface area contributed by atoms with Gasteiger partial charge in [-0.2, -0.15) is 0 Å². The lowest BCUT2D eigenvalue weighted by molar-refractivity contribution is -0.142. The molecule has 2 rings (SSSR count). The summed E-state index contributed by atoms with van der Waals surface area (Å²) in [6.45, 7) is 0. The molecule has 0 fully saturated rings. The summed E-state index contributed by atoms with van der Waals surface area (Å²) in [5.74, 6) is 0.234. The third kappa shape index (κ3) is 2.72. The predicted octanol–water partition coefficient (Wildman–Crippen LogP) is 1.45. The van der Waals surface area contributed by atoms with Gasteiger partial charge in [0.1, 0.15) is 6.04 Å². The summed E-state index contributed by atoms with van der Waals surface area (Å²) in [6, 6.07) is 4.95. The molecule has 0 bridgehead atoms. The summed E-state index contributed by atoms with van der Waals surface area (Å²) >= 11 is 1.56. The van der Waals surface area contributed by atoms with Crippen LogP contribution in [0.25, 0.3) is 10.6 Å². The number of aromatic nitrogens is 1. The standard InChI is InChI=1S/C11H12N2O3S/c1-15-11(14)8(12)5-7-6-9(16-13-7)10-3-2-4-17-10/h2-4,6,8H,5,12H2,1H3. The number of carbonyl (C=O) groups excluding carboxylic acids is 1. The van der Waals surface area contributed by atoms with Crippen LogP contribution in [-0.2, 0) is 16.0 Å². The van der Waals surface area contributed by atoms with Crippen LogP contribution >= 0.6 is 11.3 Å². The average molecular weight is 252 g/mol. The molecule has 0 aliphatic heterocycles. The van der Waals surface area contributed by atoms with Crippen LogP contribution in [0.2, 0.25) is 0 Å². The van der Waals surface area contributed by atoms with E-state index >= 15 is 0 Å². The molecule has 0 amide bonds. The summed E-state index contributed by atoms with van der Waals surface area (Å²) < 4.78 is 9.72. The molecule has 6 heteroatoms. The van der Waals surface area contributed by atoms with E-state index in [-0.39, 0.29) is 0 Å². The maximum Gasteiger partial charge on any atom is 0.323 e. The molecule has 0 aliphatic rings. The monoisotopic (exact) mass is 252 g/mol. The minimum atomic E-state index is -0.707. The SMILES string of the molecule is COC(=O)C(N)Cc1cc(-c2cccs2)on1. The number of hydrogen-bond donors (Lipinski definition) is 1. The van der Waals surface area contributed by atoms with Gasteiger partial charge in [0.05, 0.1) is 17.7 Å². The molecule has 1 atom stereocenters. The van der Waals surface area contributed by atoms with Crippen molar-refractivity contribution in [3.05, 3.63) is 29.3 Å². The lowest BCUT2D eigenvalue weighted by Crippen LogP contribution is -2.33. The number of rotatable bonds is 4. The van der Waals surface area contributed by atoms with Crippen molar-refractivity contribution >= 4 is 17.3 Å². The fourth-order valence-electron chi connectivity index (χ4n) is 1.40. The van der Waals surface area contributed by atoms with E-state index in [2.05, 4.69) is 9.89 Å². The third-order valence-corrected chi connectivity index (χ3v) is 3.14. The van der Waals surface area contributed by atoms with Crippen LogP contribution in [0, 0.1) is 0 Å². The van der Waals surface area contributed by atoms with Gasteiger partial charge < -0.3 is 15.0 Å². The zero-order valence-corrected chi connectivity index (χ0v) is 10.1. The summed E-state index contributed by atoms with van der Waals surface area (Å²) in [5, 5.41) is 5.83. The first-order valence-corrected chi connectivity index (χ1v) is 5.91. The van der Waals surface area contributed by atoms with Crippen LogP contribution in [-0.4, -0.2) is 24.3 Å². The number of ether oxygens (including phenoxy) is 1. The minimum Gasteiger partial charge on any atom is -0.468 e. The largest absolute Gasteiger partial charge is 0.468 e. The molecule has 0 aromatic carbocycles. The fourth-order valence-corrected chi connectivity index (χ4v) is 2.08. The first-order valence-electron chi connectivity index (χ1n) is 5.03. The lowest BCUT2D eigenvalue weighted by atomic mass is 10.1. The Morgan fingerprint density at radius 3 is 3.18 bits per heavy atom. The van der Waals surface area contributed by atoms with Gasteiger partial charge in [0, 0.05) is 12.5 Å². The molecule has 17 heavy (non-hydrogen) atoms. The van der Waals surface area contributed by atoms with Gasteiger partial charge in [-0.3, -0.25) is 4.79 Å². The van der Waals surface area contributed by atoms with Gasteiger partial charge in [0.15, 0.2) is 5.76 Å². The van der Waals surface area contributed by atoms with Crippen molar-refractivity contribution in [2.45, 2.75) is 12.5 Å². The number of carbonyl (C=O) groups is 1. The maximum atomic E-state index is 11.1. The molecule has 5 nitrogen and oxygen atoms in total. The van der Waals surface area contributed by atoms with Gasteiger partial charge in [-0.1, -0.05) is 11.2 Å². The Balaban J connectivity index is 2.06. The second-order valence-corrected chi connectivity index (χ2v) is 4.44. The highest BCUT2D eigenvalue weighted by Crippen LogP contribution is 2.25. The van der Waals surface area contributed by atoms with E-state index in [1.54, 1.807) is 17.4 Å². The van der Waals surface area contributed by atoms with Crippen molar-refractivity contribution in [1.29, 1.82) is 0 Å². The van der Waals surface area contributed by atoms with E-state index in [0.29, 0.717) is 17.9 Å². The van der Waals surface area contributed by atoms with Crippen LogP contribution in [0.4, 0.5) is 0 Å². The topological polar surface area (TPSA) is 78.4 Å². The molecule has 2 N–H and O–H groups in total. The van der Waals surface area contributed by atoms with Gasteiger partial charge in [-0.15, -0.1) is 11.3 Å². The number of hydrogen-bond acceptors (Lipinski definition) is 6. The van der Waals surface area contributed by atoms with Crippen LogP contribution in [0.15, 0.2) is 28.1 Å². The normalized spacial score (nSPS) is 12.4. The zero-order chi connectivity index (χ0) is 12.3. The Labute approximate surface area is 102 Å². The van der Waals surface area contributed by atoms with E-state index in [4.69, 9.17) is 10.3 Å². The summed E-state index contributed by atoms with van der Waals surface area (Å²) in [5.41, 5.74) is 6.28. The minimum absolute atomic E-state index is 0.307. The Bertz CT molecular complexity index is 493. The molecular formula is C11H12N2O3S. The van der Waals surface area contributed by atoms with Gasteiger partial charge >= 0.3 is 5.97 Å². The average Bonchev–Trinajstić information content (AvgIpc) is 2.97. The molecule has 2 aromatic rings. The number of methoxy groups -OCH3 is 1. The number of esters is 1. The second-order valence-electron chi connectivity index (χ2n) is 3.49. The molecular weight excluding hydrogens is 240 g/mol. The van der Waals surface area contributed by atoms with Gasteiger partial charge in [0.25, 0.3) is 0 Å². The Hall–Kier alpha value is -1.66. The highest BCUT2D eigenvalue weighted by atomic mass is 32.1. The zero-order valence-electron chi connectivity index (χ0n) is 9.25. The second kappa shape index (κ2) is 5.11. The van der Waals surface area contributed by atoms with E-state index in [1.807, 2.05) is 17.5 Å². The van der Waals surface area contributed by atoms with Crippen LogP contribution < -0.4 is 5.73 Å². The van der Waals surface area contributed by atoms with E-state index in [1.165, 1.54) is 7.11 Å². The molecule has 0 saturated heterocycles. The highest BCUT2D eigenvalue weighted by molar-refractivity contribution is 7.13. The summed E-state index contributed by atoms with van der Waals surface area (Å²) in [4.78, 5) is 12.1. The Morgan fingerprint density at radius 1 is 1.71 bits per heavy atom. The fraction of sp³-hybridized carbons (Fsp3) is 0.273. The summed E-state index contributed by atoms with van der Waals surface area (Å²) in [6.07, 6.45) is 0.307. The number of thiophene rings is 1. The predicted molar refractivity (Wildman–Crippen MR) is 63.5 cm³/mol. The van der Waals surface area contributed by atoms with Gasteiger partial charge in [-0.25, -0.2) is 0 Å². The van der Waals surface area contributed by atoms with Crippen molar-refractivity contribution in [2.24, 2.45) is 5.73 Å². The quantitative estimate of drug-likeness (QED) is 0.833. The molecule has 0 radical (unpaired) electrons. The lowest BCUT2D eigenvalue weighted by Gasteiger charge is -2.05. The van der Waals surface area contributed by atoms with E-state index in [9.17, 15) is 4.79 Å². The first kappa shape index (κ1) is 11.8. The third-order valence-electron chi connectivity index (χ3n) is 2.26. The maximum absolute atomic E-state index is 11.1. The molecule has 2 heterocycles. The Morgan fingerprint density at radius 2 is 2.53 bits per heavy atom. The first-order chi connectivity index (χ1) is 8.20. The molecule has 0 aliphatic carbocycles. The van der Waals surface area contributed by atoms with Crippen LogP contribution in [0.5, 0.6) is 0 Å². The van der Waals surface area contributed by atoms with Crippen molar-refractivity contribution in [1.82, 2.24) is 5.16 Å². The molecule has 1 unspecified atom stereocenters. The van der Waals surface area contributed by atoms with E-state index < -0.39 is 12.0 Å². The van der Waals surface area contributed by atoms with Crippen molar-refractivity contribution in [3.8, 4) is 10.6 Å². The van der Waals surface area contributed by atoms with Gasteiger partial charge in [-0.05, 0) is 11.4 Å². The molecule has 90 valence electrons. The van der Waals surface area contributed by atoms with Crippen LogP contribution in [0.3, 0.4) is 0 Å². The molecule has 2 aromatic heterocycles. The van der Waals surface area contributed by atoms with Gasteiger partial charge in [0.2, 0.25) is 0 Å². The van der Waals surface area contributed by atoms with Crippen molar-refractivity contribution in [3.63, 3.8) is 0 Å². The smallest absolute Gasteiger partial charge is 0.323 e. The highest BCUT2D eigenvalue weighted by Gasteiger charge is 2.17. The Kier molecular flexibility index (Phi) is 3.55. The van der Waals surface area contributed by atoms with Crippen molar-refractivity contribution in [2.75, 3.05) is 7.11 Å². The molecule has 0 saturated carbocycles. The molecule has 0 spiro atoms. The van der Waals surface area contributed by atoms with Crippen molar-refractivity contribution < 1.29 is 14.1 Å². The summed E-state index contributed by atoms with van der Waals surface area (Å²) in [7, 11) is 1.31. The van der Waals surface area contributed by atoms with E-state index in [0.717, 1.165) is 4.88 Å². The number of nitrogens with two attached hydrogens (primary N) is 1. The van der Waals surface area contributed by atoms with Crippen LogP contribution in [0.1, 0.15) is 5.69 Å². The number of nitrogens with zero attached hydrogens (tertiary/aromatic N) is 1.